The molecule has 0 aliphatic heterocycles. The molecule has 0 fully saturated rings. The molecule has 1 rings (SSSR count). The first-order valence-corrected chi connectivity index (χ1v) is 6.72. The summed E-state index contributed by atoms with van der Waals surface area (Å²) in [5.41, 5.74) is 1.06. The number of halogens is 1. The molecule has 0 atom stereocenters. The van der Waals surface area contributed by atoms with Crippen molar-refractivity contribution in [3.05, 3.63) is 34.9 Å². The lowest BCUT2D eigenvalue weighted by Gasteiger charge is -2.09. The molecule has 1 aromatic carbocycles. The van der Waals surface area contributed by atoms with Gasteiger partial charge in [0.25, 0.3) is 0 Å². The Kier molecular flexibility index (Phi) is 6.58. The zero-order valence-corrected chi connectivity index (χ0v) is 11.8. The van der Waals surface area contributed by atoms with Crippen molar-refractivity contribution in [3.63, 3.8) is 0 Å². The second-order valence-corrected chi connectivity index (χ2v) is 5.11. The van der Waals surface area contributed by atoms with Crippen molar-refractivity contribution in [3.8, 4) is 0 Å². The minimum Gasteiger partial charge on any atom is -0.338 e. The van der Waals surface area contributed by atoms with E-state index in [0.29, 0.717) is 12.5 Å². The third kappa shape index (κ3) is 5.92. The predicted octanol–water partition coefficient (Wildman–Crippen LogP) is 3.23. The topological polar surface area (TPSA) is 41.1 Å². The highest BCUT2D eigenvalue weighted by molar-refractivity contribution is 6.31. The average molecular weight is 269 g/mol. The molecule has 0 radical (unpaired) electrons. The van der Waals surface area contributed by atoms with Gasteiger partial charge < -0.3 is 10.6 Å². The van der Waals surface area contributed by atoms with Gasteiger partial charge in [-0.1, -0.05) is 43.6 Å². The number of benzene rings is 1. The van der Waals surface area contributed by atoms with E-state index in [4.69, 9.17) is 11.6 Å². The maximum Gasteiger partial charge on any atom is 0.314 e. The van der Waals surface area contributed by atoms with Gasteiger partial charge in [0.05, 0.1) is 0 Å². The van der Waals surface area contributed by atoms with Gasteiger partial charge in [0, 0.05) is 18.1 Å². The number of carbonyl (C=O) groups is 1. The summed E-state index contributed by atoms with van der Waals surface area (Å²) in [5, 5.41) is 6.40. The lowest BCUT2D eigenvalue weighted by Crippen LogP contribution is -2.37. The minimum absolute atomic E-state index is 0.109. The molecule has 2 amide bonds. The van der Waals surface area contributed by atoms with E-state index in [9.17, 15) is 4.79 Å². The number of carbonyl (C=O) groups excluding carboxylic acids is 1. The second kappa shape index (κ2) is 7.98. The van der Waals surface area contributed by atoms with Crippen molar-refractivity contribution in [2.45, 2.75) is 26.7 Å². The fourth-order valence-electron chi connectivity index (χ4n) is 1.55. The van der Waals surface area contributed by atoms with Gasteiger partial charge in [-0.2, -0.15) is 0 Å². The largest absolute Gasteiger partial charge is 0.338 e. The van der Waals surface area contributed by atoms with Crippen molar-refractivity contribution in [1.29, 1.82) is 0 Å². The van der Waals surface area contributed by atoms with Crippen LogP contribution in [-0.4, -0.2) is 19.1 Å². The standard InChI is InChI=1S/C14H21ClN2O/c1-11(2)7-9-16-14(18)17-10-8-12-5-3-4-6-13(12)15/h3-6,11H,7-10H2,1-2H3,(H2,16,17,18). The first kappa shape index (κ1) is 14.8. The van der Waals surface area contributed by atoms with E-state index in [1.165, 1.54) is 0 Å². The lowest BCUT2D eigenvalue weighted by atomic mass is 10.1. The van der Waals surface area contributed by atoms with Crippen LogP contribution in [0.5, 0.6) is 0 Å². The number of amides is 2. The normalized spacial score (nSPS) is 10.4. The van der Waals surface area contributed by atoms with Gasteiger partial charge in [-0.3, -0.25) is 0 Å². The Labute approximate surface area is 114 Å². The van der Waals surface area contributed by atoms with E-state index in [1.54, 1.807) is 0 Å². The molecule has 100 valence electrons. The molecule has 0 bridgehead atoms. The molecule has 4 heteroatoms. The van der Waals surface area contributed by atoms with E-state index >= 15 is 0 Å². The Bertz CT molecular complexity index is 380. The number of hydrogen-bond acceptors (Lipinski definition) is 1. The summed E-state index contributed by atoms with van der Waals surface area (Å²) in [6.45, 7) is 5.58. The average Bonchev–Trinajstić information content (AvgIpc) is 2.31. The zero-order valence-electron chi connectivity index (χ0n) is 11.0. The molecule has 3 nitrogen and oxygen atoms in total. The van der Waals surface area contributed by atoms with Crippen molar-refractivity contribution in [2.24, 2.45) is 5.92 Å². The molecule has 2 N–H and O–H groups in total. The van der Waals surface area contributed by atoms with Crippen molar-refractivity contribution in [1.82, 2.24) is 10.6 Å². The van der Waals surface area contributed by atoms with Crippen molar-refractivity contribution < 1.29 is 4.79 Å². The summed E-state index contributed by atoms with van der Waals surface area (Å²) < 4.78 is 0. The van der Waals surface area contributed by atoms with Crippen LogP contribution in [0.3, 0.4) is 0 Å². The van der Waals surface area contributed by atoms with Crippen LogP contribution in [0.15, 0.2) is 24.3 Å². The Balaban J connectivity index is 2.18. The summed E-state index contributed by atoms with van der Waals surface area (Å²) in [4.78, 5) is 11.4. The molecule has 0 heterocycles. The van der Waals surface area contributed by atoms with Crippen LogP contribution in [0.2, 0.25) is 5.02 Å². The molecular weight excluding hydrogens is 248 g/mol. The van der Waals surface area contributed by atoms with Gasteiger partial charge in [0.2, 0.25) is 0 Å². The molecule has 0 unspecified atom stereocenters. The van der Waals surface area contributed by atoms with Gasteiger partial charge in [0.1, 0.15) is 0 Å². The first-order valence-electron chi connectivity index (χ1n) is 6.34. The van der Waals surface area contributed by atoms with Crippen LogP contribution in [0.1, 0.15) is 25.8 Å². The molecule has 0 aromatic heterocycles. The maximum atomic E-state index is 11.4. The van der Waals surface area contributed by atoms with Gasteiger partial charge in [-0.25, -0.2) is 4.79 Å². The smallest absolute Gasteiger partial charge is 0.314 e. The summed E-state index contributed by atoms with van der Waals surface area (Å²) >= 11 is 6.03. The second-order valence-electron chi connectivity index (χ2n) is 4.71. The Morgan fingerprint density at radius 2 is 1.89 bits per heavy atom. The van der Waals surface area contributed by atoms with Crippen molar-refractivity contribution in [2.75, 3.05) is 13.1 Å². The monoisotopic (exact) mass is 268 g/mol. The third-order valence-corrected chi connectivity index (χ3v) is 3.01. The summed E-state index contributed by atoms with van der Waals surface area (Å²) in [6.07, 6.45) is 1.75. The van der Waals surface area contributed by atoms with E-state index < -0.39 is 0 Å². The SMILES string of the molecule is CC(C)CCNC(=O)NCCc1ccccc1Cl. The van der Waals surface area contributed by atoms with Crippen molar-refractivity contribution >= 4 is 17.6 Å². The van der Waals surface area contributed by atoms with E-state index in [1.807, 2.05) is 24.3 Å². The van der Waals surface area contributed by atoms with Gasteiger partial charge in [-0.05, 0) is 30.4 Å². The van der Waals surface area contributed by atoms with Crippen LogP contribution in [0, 0.1) is 5.92 Å². The number of hydrogen-bond donors (Lipinski definition) is 2. The van der Waals surface area contributed by atoms with Gasteiger partial charge >= 0.3 is 6.03 Å². The highest BCUT2D eigenvalue weighted by atomic mass is 35.5. The predicted molar refractivity (Wildman–Crippen MR) is 76.0 cm³/mol. The van der Waals surface area contributed by atoms with Crippen LogP contribution < -0.4 is 10.6 Å². The van der Waals surface area contributed by atoms with Crippen LogP contribution in [0.25, 0.3) is 0 Å². The van der Waals surface area contributed by atoms with E-state index in [0.717, 1.165) is 30.0 Å². The molecule has 0 saturated carbocycles. The molecule has 0 saturated heterocycles. The third-order valence-electron chi connectivity index (χ3n) is 2.64. The zero-order chi connectivity index (χ0) is 13.4. The van der Waals surface area contributed by atoms with E-state index in [-0.39, 0.29) is 6.03 Å². The Hall–Kier alpha value is -1.22. The number of urea groups is 1. The molecule has 0 spiro atoms. The molecule has 18 heavy (non-hydrogen) atoms. The molecule has 1 aromatic rings. The summed E-state index contributed by atoms with van der Waals surface area (Å²) in [6, 6.07) is 7.57. The Morgan fingerprint density at radius 1 is 1.22 bits per heavy atom. The van der Waals surface area contributed by atoms with E-state index in [2.05, 4.69) is 24.5 Å². The highest BCUT2D eigenvalue weighted by Gasteiger charge is 2.02. The Morgan fingerprint density at radius 3 is 2.56 bits per heavy atom. The van der Waals surface area contributed by atoms with Gasteiger partial charge in [0.15, 0.2) is 0 Å². The van der Waals surface area contributed by atoms with Crippen LogP contribution in [-0.2, 0) is 6.42 Å². The first-order chi connectivity index (χ1) is 8.59. The fourth-order valence-corrected chi connectivity index (χ4v) is 1.78. The quantitative estimate of drug-likeness (QED) is 0.817. The van der Waals surface area contributed by atoms with Gasteiger partial charge in [-0.15, -0.1) is 0 Å². The molecule has 0 aliphatic carbocycles. The fraction of sp³-hybridized carbons (Fsp3) is 0.500. The van der Waals surface area contributed by atoms with Crippen LogP contribution >= 0.6 is 11.6 Å². The number of nitrogens with one attached hydrogen (secondary N) is 2. The lowest BCUT2D eigenvalue weighted by molar-refractivity contribution is 0.240. The number of rotatable bonds is 6. The van der Waals surface area contributed by atoms with Crippen LogP contribution in [0.4, 0.5) is 4.79 Å². The molecular formula is C14H21ClN2O. The molecule has 0 aliphatic rings. The maximum absolute atomic E-state index is 11.4. The summed E-state index contributed by atoms with van der Waals surface area (Å²) in [5.74, 6) is 0.605. The minimum atomic E-state index is -0.109. The highest BCUT2D eigenvalue weighted by Crippen LogP contribution is 2.14. The summed E-state index contributed by atoms with van der Waals surface area (Å²) in [7, 11) is 0.